The van der Waals surface area contributed by atoms with Gasteiger partial charge in [-0.05, 0) is 32.9 Å². The number of imidazole rings is 1. The second-order valence-electron chi connectivity index (χ2n) is 7.71. The molecule has 3 rings (SSSR count). The Labute approximate surface area is 192 Å². The number of hydrogen-bond donors (Lipinski definition) is 2. The van der Waals surface area contributed by atoms with Crippen molar-refractivity contribution >= 4 is 30.5 Å². The molecule has 0 amide bonds. The molecular formula is C21H29N6O5P. The van der Waals surface area contributed by atoms with Crippen LogP contribution in [0.5, 0.6) is 5.75 Å². The average Bonchev–Trinajstić information content (AvgIpc) is 3.17. The van der Waals surface area contributed by atoms with Gasteiger partial charge in [-0.1, -0.05) is 18.2 Å². The number of esters is 1. The smallest absolute Gasteiger partial charge is 0.341 e. The van der Waals surface area contributed by atoms with E-state index in [1.165, 1.54) is 6.33 Å². The standard InChI is InChI=1S/C21H29N6O5P/c1-15(2)31-18(28)9-10-26-33(29,32-17-7-5-4-6-8-17)14-30-16(3)11-27-13-25-19-20(22)23-12-24-21(19)27/h4-8,12-13,15-16H,9-11,14H2,1-3H3,(H,26,29)(H2,22,23,24). The highest BCUT2D eigenvalue weighted by Gasteiger charge is 2.27. The van der Waals surface area contributed by atoms with Crippen molar-refractivity contribution in [3.8, 4) is 5.75 Å². The molecule has 0 radical (unpaired) electrons. The minimum atomic E-state index is -3.48. The summed E-state index contributed by atoms with van der Waals surface area (Å²) in [5.41, 5.74) is 6.93. The summed E-state index contributed by atoms with van der Waals surface area (Å²) >= 11 is 0. The van der Waals surface area contributed by atoms with Crippen molar-refractivity contribution in [2.24, 2.45) is 0 Å². The normalized spacial score (nSPS) is 14.2. The highest BCUT2D eigenvalue weighted by atomic mass is 31.2. The van der Waals surface area contributed by atoms with Gasteiger partial charge in [0.05, 0.1) is 31.5 Å². The maximum Gasteiger partial charge on any atom is 0.341 e. The lowest BCUT2D eigenvalue weighted by molar-refractivity contribution is -0.147. The summed E-state index contributed by atoms with van der Waals surface area (Å²) in [6.45, 7) is 5.90. The molecule has 178 valence electrons. The Morgan fingerprint density at radius 3 is 2.67 bits per heavy atom. The molecule has 33 heavy (non-hydrogen) atoms. The van der Waals surface area contributed by atoms with E-state index in [0.29, 0.717) is 29.3 Å². The van der Waals surface area contributed by atoms with E-state index in [1.54, 1.807) is 49.0 Å². The van der Waals surface area contributed by atoms with E-state index < -0.39 is 7.52 Å². The quantitative estimate of drug-likeness (QED) is 0.296. The fourth-order valence-electron chi connectivity index (χ4n) is 2.99. The lowest BCUT2D eigenvalue weighted by atomic mass is 10.3. The number of rotatable bonds is 12. The number of fused-ring (bicyclic) bond motifs is 1. The number of nitrogens with one attached hydrogen (secondary N) is 1. The van der Waals surface area contributed by atoms with Crippen LogP contribution in [-0.2, 0) is 25.4 Å². The number of carbonyl (C=O) groups excluding carboxylic acids is 1. The van der Waals surface area contributed by atoms with Crippen LogP contribution >= 0.6 is 7.52 Å². The number of benzene rings is 1. The number of nitrogen functional groups attached to an aromatic ring is 1. The van der Waals surface area contributed by atoms with Crippen LogP contribution < -0.4 is 15.3 Å². The number of nitrogens with two attached hydrogens (primary N) is 1. The second kappa shape index (κ2) is 11.2. The topological polar surface area (TPSA) is 143 Å². The predicted molar refractivity (Wildman–Crippen MR) is 124 cm³/mol. The van der Waals surface area contributed by atoms with E-state index in [0.717, 1.165) is 0 Å². The highest BCUT2D eigenvalue weighted by Crippen LogP contribution is 2.43. The summed E-state index contributed by atoms with van der Waals surface area (Å²) < 4.78 is 32.0. The number of anilines is 1. The van der Waals surface area contributed by atoms with Crippen molar-refractivity contribution in [2.45, 2.75) is 45.9 Å². The summed E-state index contributed by atoms with van der Waals surface area (Å²) in [4.78, 5) is 24.2. The van der Waals surface area contributed by atoms with Gasteiger partial charge in [-0.15, -0.1) is 0 Å². The van der Waals surface area contributed by atoms with Crippen LogP contribution in [0.2, 0.25) is 0 Å². The Morgan fingerprint density at radius 2 is 1.94 bits per heavy atom. The van der Waals surface area contributed by atoms with Crippen LogP contribution in [0.15, 0.2) is 43.0 Å². The molecule has 0 aliphatic carbocycles. The second-order valence-corrected chi connectivity index (χ2v) is 9.81. The Kier molecular flexibility index (Phi) is 8.37. The van der Waals surface area contributed by atoms with Gasteiger partial charge in [-0.25, -0.2) is 20.0 Å². The van der Waals surface area contributed by atoms with E-state index in [2.05, 4.69) is 20.0 Å². The van der Waals surface area contributed by atoms with Gasteiger partial charge in [-0.3, -0.25) is 9.36 Å². The summed E-state index contributed by atoms with van der Waals surface area (Å²) in [6, 6.07) is 8.79. The van der Waals surface area contributed by atoms with E-state index in [9.17, 15) is 9.36 Å². The van der Waals surface area contributed by atoms with E-state index >= 15 is 0 Å². The zero-order valence-corrected chi connectivity index (χ0v) is 19.8. The number of nitrogens with zero attached hydrogens (tertiary/aromatic N) is 4. The fraction of sp³-hybridized carbons (Fsp3) is 0.429. The van der Waals surface area contributed by atoms with Crippen molar-refractivity contribution in [3.63, 3.8) is 0 Å². The lowest BCUT2D eigenvalue weighted by Gasteiger charge is -2.23. The van der Waals surface area contributed by atoms with Crippen LogP contribution in [0.4, 0.5) is 5.82 Å². The largest absolute Gasteiger partial charge is 0.463 e. The van der Waals surface area contributed by atoms with Crippen molar-refractivity contribution in [2.75, 3.05) is 18.6 Å². The molecule has 0 fully saturated rings. The van der Waals surface area contributed by atoms with E-state index in [1.807, 2.05) is 13.0 Å². The molecule has 2 aromatic heterocycles. The molecule has 0 saturated heterocycles. The maximum absolute atomic E-state index is 13.5. The molecule has 0 spiro atoms. The van der Waals surface area contributed by atoms with Crippen LogP contribution in [0.25, 0.3) is 11.2 Å². The van der Waals surface area contributed by atoms with Crippen molar-refractivity contribution < 1.29 is 23.4 Å². The summed E-state index contributed by atoms with van der Waals surface area (Å²) in [6.07, 6.45) is 2.27. The third-order valence-electron chi connectivity index (χ3n) is 4.46. The Hall–Kier alpha value is -3.01. The summed E-state index contributed by atoms with van der Waals surface area (Å²) in [5, 5.41) is 2.85. The van der Waals surface area contributed by atoms with Gasteiger partial charge in [-0.2, -0.15) is 0 Å². The molecule has 3 N–H and O–H groups in total. The first kappa shape index (κ1) is 24.6. The van der Waals surface area contributed by atoms with E-state index in [4.69, 9.17) is 19.7 Å². The zero-order valence-electron chi connectivity index (χ0n) is 18.9. The highest BCUT2D eigenvalue weighted by molar-refractivity contribution is 7.57. The van der Waals surface area contributed by atoms with Crippen molar-refractivity contribution in [3.05, 3.63) is 43.0 Å². The van der Waals surface area contributed by atoms with Crippen molar-refractivity contribution in [1.82, 2.24) is 24.6 Å². The van der Waals surface area contributed by atoms with Gasteiger partial charge in [0, 0.05) is 6.54 Å². The third kappa shape index (κ3) is 7.24. The van der Waals surface area contributed by atoms with Gasteiger partial charge < -0.3 is 24.3 Å². The monoisotopic (exact) mass is 476 g/mol. The van der Waals surface area contributed by atoms with Gasteiger partial charge in [0.15, 0.2) is 11.5 Å². The van der Waals surface area contributed by atoms with Crippen LogP contribution in [0, 0.1) is 0 Å². The number of ether oxygens (including phenoxy) is 2. The molecule has 0 aliphatic rings. The molecule has 12 heteroatoms. The fourth-order valence-corrected chi connectivity index (χ4v) is 4.57. The minimum Gasteiger partial charge on any atom is -0.463 e. The van der Waals surface area contributed by atoms with Gasteiger partial charge in [0.25, 0.3) is 0 Å². The van der Waals surface area contributed by atoms with E-state index in [-0.39, 0.29) is 37.5 Å². The molecule has 3 aromatic rings. The first-order valence-electron chi connectivity index (χ1n) is 10.6. The number of hydrogen-bond acceptors (Lipinski definition) is 9. The zero-order chi connectivity index (χ0) is 23.8. The molecule has 0 bridgehead atoms. The molecule has 1 aromatic carbocycles. The lowest BCUT2D eigenvalue weighted by Crippen LogP contribution is -2.25. The number of carbonyl (C=O) groups is 1. The maximum atomic E-state index is 13.5. The Bertz CT molecular complexity index is 1110. The van der Waals surface area contributed by atoms with Gasteiger partial charge in [0.1, 0.15) is 23.9 Å². The first-order valence-corrected chi connectivity index (χ1v) is 12.4. The van der Waals surface area contributed by atoms with Crippen LogP contribution in [0.3, 0.4) is 0 Å². The molecule has 11 nitrogen and oxygen atoms in total. The summed E-state index contributed by atoms with van der Waals surface area (Å²) in [7, 11) is -3.48. The van der Waals surface area contributed by atoms with Gasteiger partial charge in [0.2, 0.25) is 0 Å². The van der Waals surface area contributed by atoms with Gasteiger partial charge >= 0.3 is 13.5 Å². The van der Waals surface area contributed by atoms with Crippen LogP contribution in [0.1, 0.15) is 27.2 Å². The minimum absolute atomic E-state index is 0.0536. The SMILES string of the molecule is CC(C)OC(=O)CCNP(=O)(COC(C)Cn1cnc2c(N)ncnc21)Oc1ccccc1. The summed E-state index contributed by atoms with van der Waals surface area (Å²) in [5.74, 6) is 0.349. The molecule has 0 aliphatic heterocycles. The average molecular weight is 476 g/mol. The predicted octanol–water partition coefficient (Wildman–Crippen LogP) is 2.97. The Morgan fingerprint density at radius 1 is 1.18 bits per heavy atom. The molecule has 2 unspecified atom stereocenters. The first-order chi connectivity index (χ1) is 15.8. The van der Waals surface area contributed by atoms with Crippen LogP contribution in [-0.4, -0.2) is 50.6 Å². The van der Waals surface area contributed by atoms with Crippen molar-refractivity contribution in [1.29, 1.82) is 0 Å². The number of para-hydroxylation sites is 1. The Balaban J connectivity index is 1.62. The molecule has 0 saturated carbocycles. The number of aromatic nitrogens is 4. The third-order valence-corrected chi connectivity index (χ3v) is 6.16. The molecular weight excluding hydrogens is 447 g/mol. The molecule has 2 heterocycles. The molecule has 2 atom stereocenters.